The summed E-state index contributed by atoms with van der Waals surface area (Å²) in [5, 5.41) is 1.10. The molecule has 0 spiro atoms. The van der Waals surface area contributed by atoms with Crippen molar-refractivity contribution in [1.29, 1.82) is 0 Å². The Labute approximate surface area is 129 Å². The lowest BCUT2D eigenvalue weighted by molar-refractivity contribution is 0.0989. The molecule has 0 aliphatic heterocycles. The summed E-state index contributed by atoms with van der Waals surface area (Å²) in [6.45, 7) is 2.02. The fourth-order valence-corrected chi connectivity index (χ4v) is 3.67. The number of fused-ring (bicyclic) bond motifs is 1. The number of thiophene rings is 1. The van der Waals surface area contributed by atoms with E-state index in [2.05, 4.69) is 20.9 Å². The highest BCUT2D eigenvalue weighted by Gasteiger charge is 2.12. The minimum atomic E-state index is 0.0632. The molecule has 2 aromatic heterocycles. The van der Waals surface area contributed by atoms with Crippen LogP contribution in [-0.2, 0) is 6.42 Å². The zero-order valence-corrected chi connectivity index (χ0v) is 13.3. The predicted octanol–water partition coefficient (Wildman–Crippen LogP) is 4.79. The molecule has 0 aliphatic carbocycles. The molecular formula is C16H12BrNOS. The second-order valence-corrected chi connectivity index (χ2v) is 7.19. The number of benzene rings is 1. The first-order valence-corrected chi connectivity index (χ1v) is 7.88. The van der Waals surface area contributed by atoms with E-state index in [9.17, 15) is 4.79 Å². The van der Waals surface area contributed by atoms with Crippen LogP contribution in [0.3, 0.4) is 0 Å². The number of nitrogens with zero attached hydrogens (tertiary/aromatic N) is 1. The van der Waals surface area contributed by atoms with Gasteiger partial charge in [0.2, 0.25) is 0 Å². The number of hydrogen-bond acceptors (Lipinski definition) is 3. The maximum Gasteiger partial charge on any atom is 0.186 e. The highest BCUT2D eigenvalue weighted by Crippen LogP contribution is 2.24. The first kappa shape index (κ1) is 13.5. The van der Waals surface area contributed by atoms with E-state index in [0.717, 1.165) is 25.1 Å². The van der Waals surface area contributed by atoms with Crippen LogP contribution in [0.5, 0.6) is 0 Å². The largest absolute Gasteiger partial charge is 0.292 e. The van der Waals surface area contributed by atoms with E-state index >= 15 is 0 Å². The third-order valence-electron chi connectivity index (χ3n) is 3.17. The second-order valence-electron chi connectivity index (χ2n) is 4.65. The number of ketones is 1. The molecule has 0 saturated carbocycles. The number of aromatic nitrogens is 1. The number of hydrogen-bond donors (Lipinski definition) is 0. The molecule has 3 rings (SSSR count). The molecule has 0 atom stereocenters. The van der Waals surface area contributed by atoms with Crippen LogP contribution in [-0.4, -0.2) is 10.8 Å². The summed E-state index contributed by atoms with van der Waals surface area (Å²) in [4.78, 5) is 17.9. The minimum Gasteiger partial charge on any atom is -0.292 e. The number of Topliss-reactive ketones (excluding diaryl/α,β-unsaturated/α-hetero) is 1. The van der Waals surface area contributed by atoms with Crippen LogP contribution in [0.1, 0.15) is 20.9 Å². The maximum absolute atomic E-state index is 12.3. The molecule has 0 N–H and O–H groups in total. The minimum absolute atomic E-state index is 0.0632. The molecular weight excluding hydrogens is 334 g/mol. The highest BCUT2D eigenvalue weighted by atomic mass is 79.9. The Morgan fingerprint density at radius 1 is 1.25 bits per heavy atom. The number of halogens is 1. The molecule has 1 aromatic carbocycles. The lowest BCUT2D eigenvalue weighted by atomic mass is 10.1. The average Bonchev–Trinajstić information content (AvgIpc) is 2.84. The Morgan fingerprint density at radius 3 is 2.80 bits per heavy atom. The Kier molecular flexibility index (Phi) is 3.68. The third-order valence-corrected chi connectivity index (χ3v) is 4.80. The average molecular weight is 346 g/mol. The quantitative estimate of drug-likeness (QED) is 0.638. The van der Waals surface area contributed by atoms with Crippen molar-refractivity contribution in [3.05, 3.63) is 62.4 Å². The van der Waals surface area contributed by atoms with E-state index < -0.39 is 0 Å². The molecule has 2 nitrogen and oxygen atoms in total. The summed E-state index contributed by atoms with van der Waals surface area (Å²) in [6, 6.07) is 13.7. The van der Waals surface area contributed by atoms with Gasteiger partial charge in [-0.05, 0) is 52.7 Å². The van der Waals surface area contributed by atoms with Crippen molar-refractivity contribution < 1.29 is 4.79 Å². The Morgan fingerprint density at radius 2 is 2.05 bits per heavy atom. The summed E-state index contributed by atoms with van der Waals surface area (Å²) >= 11 is 5.00. The molecule has 4 heteroatoms. The van der Waals surface area contributed by atoms with Gasteiger partial charge in [0.1, 0.15) is 5.69 Å². The van der Waals surface area contributed by atoms with E-state index in [1.807, 2.05) is 49.4 Å². The molecule has 3 aromatic rings. The summed E-state index contributed by atoms with van der Waals surface area (Å²) in [7, 11) is 0. The van der Waals surface area contributed by atoms with Gasteiger partial charge in [-0.1, -0.05) is 18.2 Å². The van der Waals surface area contributed by atoms with E-state index in [-0.39, 0.29) is 5.78 Å². The van der Waals surface area contributed by atoms with Crippen LogP contribution in [0.4, 0.5) is 0 Å². The van der Waals surface area contributed by atoms with Gasteiger partial charge >= 0.3 is 0 Å². The number of pyridine rings is 1. The van der Waals surface area contributed by atoms with Gasteiger partial charge in [-0.15, -0.1) is 11.3 Å². The van der Waals surface area contributed by atoms with Gasteiger partial charge in [-0.2, -0.15) is 0 Å². The van der Waals surface area contributed by atoms with E-state index in [0.29, 0.717) is 12.1 Å². The Bertz CT molecular complexity index is 794. The molecule has 2 heterocycles. The standard InChI is InChI=1S/C16H12BrNOS/c1-10-8-14(18-13-5-3-2-4-12(10)13)15(19)9-11-6-7-16(17)20-11/h2-8H,9H2,1H3. The summed E-state index contributed by atoms with van der Waals surface area (Å²) in [5.41, 5.74) is 2.51. The van der Waals surface area contributed by atoms with Gasteiger partial charge in [0, 0.05) is 16.7 Å². The van der Waals surface area contributed by atoms with Gasteiger partial charge < -0.3 is 0 Å². The number of rotatable bonds is 3. The van der Waals surface area contributed by atoms with Gasteiger partial charge in [0.15, 0.2) is 5.78 Å². The summed E-state index contributed by atoms with van der Waals surface area (Å²) in [5.74, 6) is 0.0632. The van der Waals surface area contributed by atoms with Crippen molar-refractivity contribution in [1.82, 2.24) is 4.98 Å². The number of para-hydroxylation sites is 1. The van der Waals surface area contributed by atoms with Crippen molar-refractivity contribution in [3.63, 3.8) is 0 Å². The maximum atomic E-state index is 12.3. The number of carbonyl (C=O) groups excluding carboxylic acids is 1. The molecule has 0 unspecified atom stereocenters. The zero-order valence-electron chi connectivity index (χ0n) is 10.9. The molecule has 0 bridgehead atoms. The highest BCUT2D eigenvalue weighted by molar-refractivity contribution is 9.11. The van der Waals surface area contributed by atoms with Gasteiger partial charge in [-0.3, -0.25) is 4.79 Å². The van der Waals surface area contributed by atoms with Gasteiger partial charge in [0.25, 0.3) is 0 Å². The molecule has 0 fully saturated rings. The predicted molar refractivity (Wildman–Crippen MR) is 86.5 cm³/mol. The Balaban J connectivity index is 1.95. The van der Waals surface area contributed by atoms with Crippen LogP contribution >= 0.6 is 27.3 Å². The lowest BCUT2D eigenvalue weighted by Crippen LogP contribution is -2.05. The lowest BCUT2D eigenvalue weighted by Gasteiger charge is -2.05. The molecule has 0 amide bonds. The van der Waals surface area contributed by atoms with E-state index in [1.54, 1.807) is 11.3 Å². The molecule has 0 aliphatic rings. The van der Waals surface area contributed by atoms with Crippen molar-refractivity contribution in [2.24, 2.45) is 0 Å². The van der Waals surface area contributed by atoms with Crippen molar-refractivity contribution >= 4 is 44.0 Å². The van der Waals surface area contributed by atoms with Crippen LogP contribution in [0.25, 0.3) is 10.9 Å². The van der Waals surface area contributed by atoms with Crippen LogP contribution < -0.4 is 0 Å². The summed E-state index contributed by atoms with van der Waals surface area (Å²) < 4.78 is 1.04. The SMILES string of the molecule is Cc1cc(C(=O)Cc2ccc(Br)s2)nc2ccccc12. The monoisotopic (exact) mass is 345 g/mol. The molecule has 100 valence electrons. The van der Waals surface area contributed by atoms with Gasteiger partial charge in [-0.25, -0.2) is 4.98 Å². The van der Waals surface area contributed by atoms with Crippen molar-refractivity contribution in [2.45, 2.75) is 13.3 Å². The molecule has 0 saturated heterocycles. The van der Waals surface area contributed by atoms with Crippen LogP contribution in [0, 0.1) is 6.92 Å². The summed E-state index contributed by atoms with van der Waals surface area (Å²) in [6.07, 6.45) is 0.404. The van der Waals surface area contributed by atoms with Crippen molar-refractivity contribution in [2.75, 3.05) is 0 Å². The zero-order chi connectivity index (χ0) is 14.1. The Hall–Kier alpha value is -1.52. The fourth-order valence-electron chi connectivity index (χ4n) is 2.19. The topological polar surface area (TPSA) is 30.0 Å². The fraction of sp³-hybridized carbons (Fsp3) is 0.125. The smallest absolute Gasteiger partial charge is 0.186 e. The van der Waals surface area contributed by atoms with E-state index in [4.69, 9.17) is 0 Å². The normalized spacial score (nSPS) is 10.9. The first-order chi connectivity index (χ1) is 9.63. The number of aryl methyl sites for hydroxylation is 1. The van der Waals surface area contributed by atoms with Gasteiger partial charge in [0.05, 0.1) is 9.30 Å². The van der Waals surface area contributed by atoms with E-state index in [1.165, 1.54) is 0 Å². The number of carbonyl (C=O) groups is 1. The molecule has 20 heavy (non-hydrogen) atoms. The van der Waals surface area contributed by atoms with Crippen molar-refractivity contribution in [3.8, 4) is 0 Å². The van der Waals surface area contributed by atoms with Crippen LogP contribution in [0.15, 0.2) is 46.3 Å². The molecule has 0 radical (unpaired) electrons. The second kappa shape index (κ2) is 5.46. The van der Waals surface area contributed by atoms with Crippen LogP contribution in [0.2, 0.25) is 0 Å². The first-order valence-electron chi connectivity index (χ1n) is 6.27. The third kappa shape index (κ3) is 2.67.